The summed E-state index contributed by atoms with van der Waals surface area (Å²) in [7, 11) is 0. The van der Waals surface area contributed by atoms with Gasteiger partial charge >= 0.3 is 0 Å². The summed E-state index contributed by atoms with van der Waals surface area (Å²) in [4.78, 5) is 4.47. The number of hydrogen-bond acceptors (Lipinski definition) is 2. The van der Waals surface area contributed by atoms with Gasteiger partial charge in [0, 0.05) is 35.2 Å². The zero-order chi connectivity index (χ0) is 16.8. The fourth-order valence-corrected chi connectivity index (χ4v) is 5.69. The normalized spacial score (nSPS) is 12.7. The molecule has 3 aromatic carbocycles. The summed E-state index contributed by atoms with van der Waals surface area (Å²) in [6.07, 6.45) is 0. The second-order valence-electron chi connectivity index (χ2n) is 5.20. The van der Waals surface area contributed by atoms with Crippen molar-refractivity contribution in [2.24, 2.45) is 0 Å². The first-order valence-electron chi connectivity index (χ1n) is 6.95. The van der Waals surface area contributed by atoms with Crippen LogP contribution in [0.1, 0.15) is 0 Å². The molecule has 6 heteroatoms. The summed E-state index contributed by atoms with van der Waals surface area (Å²) in [5.74, 6) is 0. The van der Waals surface area contributed by atoms with Crippen molar-refractivity contribution in [3.8, 4) is 11.1 Å². The van der Waals surface area contributed by atoms with Crippen LogP contribution in [0.25, 0.3) is 11.1 Å². The Morgan fingerprint density at radius 3 is 1.54 bits per heavy atom. The van der Waals surface area contributed by atoms with Crippen LogP contribution in [-0.4, -0.2) is 0 Å². The van der Waals surface area contributed by atoms with Crippen molar-refractivity contribution in [2.75, 3.05) is 0 Å². The minimum Gasteiger partial charge on any atom is -0.0876 e. The van der Waals surface area contributed by atoms with Gasteiger partial charge in [0.1, 0.15) is 0 Å². The highest BCUT2D eigenvalue weighted by Crippen LogP contribution is 2.52. The second-order valence-corrected chi connectivity index (χ2v) is 9.03. The molecule has 1 aliphatic rings. The van der Waals surface area contributed by atoms with Crippen molar-refractivity contribution in [2.45, 2.75) is 19.6 Å². The highest BCUT2D eigenvalue weighted by Gasteiger charge is 2.21. The van der Waals surface area contributed by atoms with Crippen LogP contribution >= 0.6 is 69.9 Å². The van der Waals surface area contributed by atoms with Gasteiger partial charge in [0.15, 0.2) is 0 Å². The Morgan fingerprint density at radius 1 is 0.542 bits per heavy atom. The van der Waals surface area contributed by atoms with E-state index in [1.54, 1.807) is 23.5 Å². The predicted octanol–water partition coefficient (Wildman–Crippen LogP) is 8.58. The maximum Gasteiger partial charge on any atom is 0.0604 e. The molecule has 0 radical (unpaired) electrons. The van der Waals surface area contributed by atoms with E-state index >= 15 is 0 Å². The first kappa shape index (κ1) is 17.0. The van der Waals surface area contributed by atoms with E-state index in [4.69, 9.17) is 46.4 Å². The molecule has 1 heterocycles. The highest BCUT2D eigenvalue weighted by molar-refractivity contribution is 8.05. The summed E-state index contributed by atoms with van der Waals surface area (Å²) in [5.41, 5.74) is 2.03. The largest absolute Gasteiger partial charge is 0.0876 e. The van der Waals surface area contributed by atoms with E-state index in [1.807, 2.05) is 42.5 Å². The van der Waals surface area contributed by atoms with E-state index in [0.717, 1.165) is 30.7 Å². The third-order valence-electron chi connectivity index (χ3n) is 3.62. The zero-order valence-electron chi connectivity index (χ0n) is 11.9. The van der Waals surface area contributed by atoms with Crippen molar-refractivity contribution in [3.63, 3.8) is 0 Å². The Bertz CT molecular complexity index is 952. The maximum atomic E-state index is 6.52. The predicted molar refractivity (Wildman–Crippen MR) is 107 cm³/mol. The smallest absolute Gasteiger partial charge is 0.0604 e. The molecular formula is C18H8Cl4S2. The molecule has 0 unspecified atom stereocenters. The average molecular weight is 430 g/mol. The Labute approximate surface area is 168 Å². The lowest BCUT2D eigenvalue weighted by atomic mass is 10.1. The third kappa shape index (κ3) is 3.16. The topological polar surface area (TPSA) is 0 Å². The Balaban J connectivity index is 1.79. The minimum atomic E-state index is 0.566. The van der Waals surface area contributed by atoms with Crippen molar-refractivity contribution in [1.29, 1.82) is 0 Å². The van der Waals surface area contributed by atoms with Crippen LogP contribution in [-0.2, 0) is 0 Å². The van der Waals surface area contributed by atoms with E-state index in [0.29, 0.717) is 20.1 Å². The van der Waals surface area contributed by atoms with Gasteiger partial charge in [0.05, 0.1) is 10.0 Å². The molecule has 120 valence electrons. The fourth-order valence-electron chi connectivity index (χ4n) is 2.45. The summed E-state index contributed by atoms with van der Waals surface area (Å²) in [5, 5.41) is 2.56. The first-order valence-corrected chi connectivity index (χ1v) is 10.1. The van der Waals surface area contributed by atoms with Crippen molar-refractivity contribution < 1.29 is 0 Å². The van der Waals surface area contributed by atoms with E-state index in [9.17, 15) is 0 Å². The van der Waals surface area contributed by atoms with Crippen LogP contribution < -0.4 is 0 Å². The van der Waals surface area contributed by atoms with Gasteiger partial charge in [-0.25, -0.2) is 0 Å². The Kier molecular flexibility index (Phi) is 4.72. The lowest BCUT2D eigenvalue weighted by Gasteiger charge is -2.20. The molecule has 0 amide bonds. The summed E-state index contributed by atoms with van der Waals surface area (Å²) in [6.45, 7) is 0. The van der Waals surface area contributed by atoms with E-state index in [-0.39, 0.29) is 0 Å². The van der Waals surface area contributed by atoms with Gasteiger partial charge in [-0.15, -0.1) is 0 Å². The fraction of sp³-hybridized carbons (Fsp3) is 0. The molecule has 0 spiro atoms. The molecule has 0 atom stereocenters. The zero-order valence-corrected chi connectivity index (χ0v) is 16.6. The van der Waals surface area contributed by atoms with Gasteiger partial charge in [-0.1, -0.05) is 82.1 Å². The van der Waals surface area contributed by atoms with Crippen LogP contribution in [0.15, 0.2) is 68.1 Å². The molecule has 3 aromatic rings. The molecular weight excluding hydrogens is 422 g/mol. The molecule has 0 aliphatic carbocycles. The summed E-state index contributed by atoms with van der Waals surface area (Å²) < 4.78 is 0. The van der Waals surface area contributed by atoms with Gasteiger partial charge in [0.2, 0.25) is 0 Å². The Hall–Kier alpha value is -0.480. The van der Waals surface area contributed by atoms with Gasteiger partial charge in [-0.05, 0) is 42.0 Å². The molecule has 4 rings (SSSR count). The summed E-state index contributed by atoms with van der Waals surface area (Å²) >= 11 is 28.1. The molecule has 0 aromatic heterocycles. The molecule has 0 saturated heterocycles. The van der Waals surface area contributed by atoms with Crippen LogP contribution in [0.2, 0.25) is 20.1 Å². The van der Waals surface area contributed by atoms with E-state index < -0.39 is 0 Å². The number of benzene rings is 3. The monoisotopic (exact) mass is 428 g/mol. The molecule has 0 N–H and O–H groups in total. The van der Waals surface area contributed by atoms with Crippen LogP contribution in [0.5, 0.6) is 0 Å². The molecule has 0 nitrogen and oxygen atoms in total. The average Bonchev–Trinajstić information content (AvgIpc) is 2.55. The van der Waals surface area contributed by atoms with E-state index in [1.165, 1.54) is 0 Å². The van der Waals surface area contributed by atoms with Gasteiger partial charge in [-0.3, -0.25) is 0 Å². The van der Waals surface area contributed by atoms with Crippen LogP contribution in [0, 0.1) is 0 Å². The first-order chi connectivity index (χ1) is 11.5. The minimum absolute atomic E-state index is 0.566. The quantitative estimate of drug-likeness (QED) is 0.297. The van der Waals surface area contributed by atoms with Gasteiger partial charge in [0.25, 0.3) is 0 Å². The lowest BCUT2D eigenvalue weighted by Crippen LogP contribution is -1.92. The third-order valence-corrected chi connectivity index (χ3v) is 7.39. The molecule has 24 heavy (non-hydrogen) atoms. The standard InChI is InChI=1S/C18H8Cl4S2/c19-10-3-1-9(2-4-10)11-5-15-16(6-12(11)20)24-18-8-14(22)13(21)7-17(18)23-15/h1-8H. The van der Waals surface area contributed by atoms with Crippen LogP contribution in [0.3, 0.4) is 0 Å². The number of halogens is 4. The molecule has 0 fully saturated rings. The van der Waals surface area contributed by atoms with Crippen molar-refractivity contribution in [3.05, 3.63) is 68.6 Å². The maximum absolute atomic E-state index is 6.52. The van der Waals surface area contributed by atoms with E-state index in [2.05, 4.69) is 6.07 Å². The highest BCUT2D eigenvalue weighted by atomic mass is 35.5. The Morgan fingerprint density at radius 2 is 1.00 bits per heavy atom. The van der Waals surface area contributed by atoms with Crippen molar-refractivity contribution in [1.82, 2.24) is 0 Å². The van der Waals surface area contributed by atoms with Gasteiger partial charge < -0.3 is 0 Å². The second kappa shape index (κ2) is 6.68. The summed E-state index contributed by atoms with van der Waals surface area (Å²) in [6, 6.07) is 15.6. The SMILES string of the molecule is Clc1ccc(-c2cc3c(cc2Cl)Sc2cc(Cl)c(Cl)cc2S3)cc1. The molecule has 1 aliphatic heterocycles. The molecule has 0 bridgehead atoms. The van der Waals surface area contributed by atoms with Crippen LogP contribution in [0.4, 0.5) is 0 Å². The number of fused-ring (bicyclic) bond motifs is 2. The molecule has 0 saturated carbocycles. The van der Waals surface area contributed by atoms with Gasteiger partial charge in [-0.2, -0.15) is 0 Å². The number of rotatable bonds is 1. The van der Waals surface area contributed by atoms with Crippen molar-refractivity contribution >= 4 is 69.9 Å². The number of hydrogen-bond donors (Lipinski definition) is 0. The lowest BCUT2D eigenvalue weighted by molar-refractivity contribution is 1.16.